The lowest BCUT2D eigenvalue weighted by Crippen LogP contribution is -2.26. The summed E-state index contributed by atoms with van der Waals surface area (Å²) >= 11 is 0. The zero-order valence-corrected chi connectivity index (χ0v) is 10.3. The first-order valence-corrected chi connectivity index (χ1v) is 6.23. The van der Waals surface area contributed by atoms with E-state index in [0.29, 0.717) is 0 Å². The highest BCUT2D eigenvalue weighted by molar-refractivity contribution is 5.99. The van der Waals surface area contributed by atoms with Gasteiger partial charge in [-0.3, -0.25) is 0 Å². The van der Waals surface area contributed by atoms with E-state index < -0.39 is 0 Å². The van der Waals surface area contributed by atoms with E-state index in [9.17, 15) is 0 Å². The summed E-state index contributed by atoms with van der Waals surface area (Å²) in [5.74, 6) is 0. The van der Waals surface area contributed by atoms with E-state index in [1.165, 1.54) is 28.1 Å². The molecular formula is C16H14N2. The van der Waals surface area contributed by atoms with Crippen molar-refractivity contribution in [2.24, 2.45) is 0 Å². The lowest BCUT2D eigenvalue weighted by Gasteiger charge is -2.31. The summed E-state index contributed by atoms with van der Waals surface area (Å²) in [5.41, 5.74) is 6.63. The van der Waals surface area contributed by atoms with Gasteiger partial charge in [0, 0.05) is 24.4 Å². The van der Waals surface area contributed by atoms with Gasteiger partial charge in [0.05, 0.1) is 18.1 Å². The number of hydrogen-bond donors (Lipinski definition) is 0. The maximum absolute atomic E-state index is 2.39. The van der Waals surface area contributed by atoms with Crippen LogP contribution in [0, 0.1) is 0 Å². The van der Waals surface area contributed by atoms with Crippen LogP contribution in [0.1, 0.15) is 5.56 Å². The number of anilines is 1. The summed E-state index contributed by atoms with van der Waals surface area (Å²) in [6, 6.07) is 17.3. The molecule has 2 aromatic carbocycles. The molecule has 0 saturated heterocycles. The van der Waals surface area contributed by atoms with Crippen LogP contribution in [-0.4, -0.2) is 18.6 Å². The molecule has 2 heterocycles. The molecule has 0 unspecified atom stereocenters. The van der Waals surface area contributed by atoms with E-state index in [-0.39, 0.29) is 0 Å². The van der Waals surface area contributed by atoms with Crippen LogP contribution in [0.25, 0.3) is 16.8 Å². The van der Waals surface area contributed by atoms with Gasteiger partial charge in [0.1, 0.15) is 0 Å². The van der Waals surface area contributed by atoms with E-state index in [2.05, 4.69) is 71.6 Å². The van der Waals surface area contributed by atoms with Crippen LogP contribution in [-0.2, 0) is 0 Å². The highest BCUT2D eigenvalue weighted by atomic mass is 15.4. The summed E-state index contributed by atoms with van der Waals surface area (Å²) in [4.78, 5) is 4.62. The second-order valence-corrected chi connectivity index (χ2v) is 4.90. The van der Waals surface area contributed by atoms with Crippen molar-refractivity contribution in [3.63, 3.8) is 0 Å². The Morgan fingerprint density at radius 1 is 0.833 bits per heavy atom. The van der Waals surface area contributed by atoms with Crippen LogP contribution in [0.2, 0.25) is 0 Å². The average Bonchev–Trinajstić information content (AvgIpc) is 2.81. The van der Waals surface area contributed by atoms with Crippen LogP contribution < -0.4 is 4.90 Å². The first kappa shape index (κ1) is 9.77. The number of hydrogen-bond acceptors (Lipinski definition) is 2. The monoisotopic (exact) mass is 234 g/mol. The Kier molecular flexibility index (Phi) is 1.84. The van der Waals surface area contributed by atoms with E-state index in [1.807, 2.05) is 0 Å². The maximum atomic E-state index is 2.39. The Hall–Kier alpha value is -2.22. The van der Waals surface area contributed by atoms with Crippen molar-refractivity contribution < 1.29 is 0 Å². The maximum Gasteiger partial charge on any atom is 0.0945 e. The van der Waals surface area contributed by atoms with Crippen LogP contribution in [0.3, 0.4) is 0 Å². The molecule has 18 heavy (non-hydrogen) atoms. The van der Waals surface area contributed by atoms with Crippen LogP contribution >= 0.6 is 0 Å². The van der Waals surface area contributed by atoms with Crippen LogP contribution in [0.5, 0.6) is 0 Å². The molecule has 0 aliphatic carbocycles. The van der Waals surface area contributed by atoms with Crippen molar-refractivity contribution in [2.75, 3.05) is 18.6 Å². The number of para-hydroxylation sites is 1. The van der Waals surface area contributed by atoms with Crippen molar-refractivity contribution in [1.82, 2.24) is 4.90 Å². The Bertz CT molecular complexity index is 658. The Morgan fingerprint density at radius 2 is 1.50 bits per heavy atom. The lowest BCUT2D eigenvalue weighted by atomic mass is 9.92. The summed E-state index contributed by atoms with van der Waals surface area (Å²) in [6.07, 6.45) is 2.23. The standard InChI is InChI=1S/C16H14N2/c1-17-10-16-14-8-3-2-6-12(14)13-7-4-5-9-15(13)18(16)11-17/h2-10H,11H2,1H3. The van der Waals surface area contributed by atoms with Crippen LogP contribution in [0.4, 0.5) is 5.69 Å². The summed E-state index contributed by atoms with van der Waals surface area (Å²) < 4.78 is 0. The van der Waals surface area contributed by atoms with E-state index in [0.717, 1.165) is 6.67 Å². The molecule has 88 valence electrons. The quantitative estimate of drug-likeness (QED) is 0.689. The molecule has 0 aromatic heterocycles. The number of rotatable bonds is 0. The number of fused-ring (bicyclic) bond motifs is 6. The molecule has 4 rings (SSSR count). The van der Waals surface area contributed by atoms with Crippen molar-refractivity contribution in [1.29, 1.82) is 0 Å². The second kappa shape index (κ2) is 3.39. The van der Waals surface area contributed by atoms with E-state index in [4.69, 9.17) is 0 Å². The first-order chi connectivity index (χ1) is 8.84. The fraction of sp³-hybridized carbons (Fsp3) is 0.125. The molecule has 0 amide bonds. The summed E-state index contributed by atoms with van der Waals surface area (Å²) in [5, 5.41) is 0. The second-order valence-electron chi connectivity index (χ2n) is 4.90. The Labute approximate surface area is 107 Å². The molecule has 0 atom stereocenters. The molecule has 2 aliphatic rings. The molecular weight excluding hydrogens is 220 g/mol. The summed E-state index contributed by atoms with van der Waals surface area (Å²) in [6.45, 7) is 0.931. The van der Waals surface area contributed by atoms with Crippen molar-refractivity contribution >= 4 is 11.4 Å². The molecule has 2 aromatic rings. The van der Waals surface area contributed by atoms with Gasteiger partial charge in [0.15, 0.2) is 0 Å². The van der Waals surface area contributed by atoms with Gasteiger partial charge in [0.2, 0.25) is 0 Å². The lowest BCUT2D eigenvalue weighted by molar-refractivity contribution is 0.496. The van der Waals surface area contributed by atoms with Crippen molar-refractivity contribution in [3.8, 4) is 11.1 Å². The van der Waals surface area contributed by atoms with E-state index >= 15 is 0 Å². The molecule has 0 bridgehead atoms. The minimum atomic E-state index is 0.931. The number of nitrogens with zero attached hydrogens (tertiary/aromatic N) is 2. The SMILES string of the molecule is CN1C=C2c3ccccc3-c3ccccc3N2C1. The molecule has 0 radical (unpaired) electrons. The smallest absolute Gasteiger partial charge is 0.0945 e. The van der Waals surface area contributed by atoms with Crippen LogP contribution in [0.15, 0.2) is 54.7 Å². The third-order valence-electron chi connectivity index (χ3n) is 3.69. The predicted octanol–water partition coefficient (Wildman–Crippen LogP) is 3.37. The van der Waals surface area contributed by atoms with Gasteiger partial charge in [-0.05, 0) is 11.6 Å². The average molecular weight is 234 g/mol. The first-order valence-electron chi connectivity index (χ1n) is 6.23. The molecule has 2 nitrogen and oxygen atoms in total. The fourth-order valence-electron chi connectivity index (χ4n) is 2.92. The van der Waals surface area contributed by atoms with Crippen molar-refractivity contribution in [2.45, 2.75) is 0 Å². The molecule has 0 fully saturated rings. The fourth-order valence-corrected chi connectivity index (χ4v) is 2.92. The highest BCUT2D eigenvalue weighted by Crippen LogP contribution is 2.45. The van der Waals surface area contributed by atoms with E-state index in [1.54, 1.807) is 0 Å². The largest absolute Gasteiger partial charge is 0.361 e. The zero-order valence-electron chi connectivity index (χ0n) is 10.3. The molecule has 0 spiro atoms. The molecule has 0 saturated carbocycles. The topological polar surface area (TPSA) is 6.48 Å². The van der Waals surface area contributed by atoms with Gasteiger partial charge in [-0.1, -0.05) is 42.5 Å². The Morgan fingerprint density at radius 3 is 2.33 bits per heavy atom. The van der Waals surface area contributed by atoms with Gasteiger partial charge in [0.25, 0.3) is 0 Å². The third-order valence-corrected chi connectivity index (χ3v) is 3.69. The predicted molar refractivity (Wildman–Crippen MR) is 75.0 cm³/mol. The zero-order chi connectivity index (χ0) is 12.1. The Balaban J connectivity index is 2.07. The highest BCUT2D eigenvalue weighted by Gasteiger charge is 2.29. The van der Waals surface area contributed by atoms with Crippen molar-refractivity contribution in [3.05, 3.63) is 60.3 Å². The van der Waals surface area contributed by atoms with Gasteiger partial charge in [-0.15, -0.1) is 0 Å². The minimum absolute atomic E-state index is 0.931. The van der Waals surface area contributed by atoms with Gasteiger partial charge < -0.3 is 9.80 Å². The normalized spacial score (nSPS) is 15.9. The van der Waals surface area contributed by atoms with Gasteiger partial charge in [-0.2, -0.15) is 0 Å². The van der Waals surface area contributed by atoms with Gasteiger partial charge >= 0.3 is 0 Å². The number of benzene rings is 2. The molecule has 2 heteroatoms. The molecule has 2 aliphatic heterocycles. The minimum Gasteiger partial charge on any atom is -0.361 e. The molecule has 0 N–H and O–H groups in total. The third kappa shape index (κ3) is 1.17. The van der Waals surface area contributed by atoms with Gasteiger partial charge in [-0.25, -0.2) is 0 Å². The summed E-state index contributed by atoms with van der Waals surface area (Å²) in [7, 11) is 2.12.